The van der Waals surface area contributed by atoms with Gasteiger partial charge in [0.2, 0.25) is 5.88 Å². The van der Waals surface area contributed by atoms with E-state index in [0.29, 0.717) is 24.7 Å². The molecule has 0 aromatic carbocycles. The molecule has 0 fully saturated rings. The molecule has 124 valence electrons. The van der Waals surface area contributed by atoms with E-state index in [9.17, 15) is 4.79 Å². The molecule has 0 atom stereocenters. The highest BCUT2D eigenvalue weighted by atomic mass is 16.5. The van der Waals surface area contributed by atoms with E-state index in [4.69, 9.17) is 4.74 Å². The Kier molecular flexibility index (Phi) is 4.33. The first-order chi connectivity index (χ1) is 11.2. The third kappa shape index (κ3) is 2.81. The lowest BCUT2D eigenvalue weighted by Crippen LogP contribution is -2.28. The van der Waals surface area contributed by atoms with Crippen molar-refractivity contribution in [2.45, 2.75) is 32.9 Å². The molecule has 2 aromatic heterocycles. The number of aryl methyl sites for hydroxylation is 2. The van der Waals surface area contributed by atoms with Crippen LogP contribution in [0.1, 0.15) is 39.9 Å². The van der Waals surface area contributed by atoms with E-state index in [2.05, 4.69) is 25.9 Å². The second-order valence-electron chi connectivity index (χ2n) is 5.55. The standard InChI is InChI=1S/C15H22N6O2/c1-4-11-10(15(23-3)21(2)20-11)8-17-14(22)13-9-7-16-6-5-12(9)18-19-13/h16H,4-8H2,1-3H3,(H,17,22)(H,18,19). The number of amides is 1. The summed E-state index contributed by atoms with van der Waals surface area (Å²) >= 11 is 0. The maximum absolute atomic E-state index is 12.5. The van der Waals surface area contributed by atoms with E-state index in [1.165, 1.54) is 0 Å². The largest absolute Gasteiger partial charge is 0.481 e. The molecule has 3 N–H and O–H groups in total. The Labute approximate surface area is 134 Å². The Morgan fingerprint density at radius 2 is 2.30 bits per heavy atom. The number of ether oxygens (including phenoxy) is 1. The van der Waals surface area contributed by atoms with Gasteiger partial charge in [-0.15, -0.1) is 0 Å². The summed E-state index contributed by atoms with van der Waals surface area (Å²) in [6.07, 6.45) is 1.65. The van der Waals surface area contributed by atoms with Crippen molar-refractivity contribution < 1.29 is 9.53 Å². The Hall–Kier alpha value is -2.35. The van der Waals surface area contributed by atoms with Crippen LogP contribution in [0, 0.1) is 0 Å². The van der Waals surface area contributed by atoms with Crippen molar-refractivity contribution in [2.24, 2.45) is 7.05 Å². The molecule has 1 aliphatic rings. The maximum atomic E-state index is 12.5. The minimum Gasteiger partial charge on any atom is -0.481 e. The monoisotopic (exact) mass is 318 g/mol. The molecule has 3 heterocycles. The van der Waals surface area contributed by atoms with Gasteiger partial charge in [-0.25, -0.2) is 4.68 Å². The Morgan fingerprint density at radius 3 is 3.04 bits per heavy atom. The first-order valence-electron chi connectivity index (χ1n) is 7.79. The number of carbonyl (C=O) groups is 1. The van der Waals surface area contributed by atoms with Gasteiger partial charge in [0.05, 0.1) is 24.9 Å². The lowest BCUT2D eigenvalue weighted by atomic mass is 10.1. The highest BCUT2D eigenvalue weighted by Gasteiger charge is 2.22. The Balaban J connectivity index is 1.76. The molecule has 0 saturated carbocycles. The number of nitrogens with zero attached hydrogens (tertiary/aromatic N) is 3. The molecule has 8 heteroatoms. The van der Waals surface area contributed by atoms with Crippen LogP contribution < -0.4 is 15.4 Å². The number of fused-ring (bicyclic) bond motifs is 1. The van der Waals surface area contributed by atoms with Gasteiger partial charge in [0.1, 0.15) is 0 Å². The highest BCUT2D eigenvalue weighted by molar-refractivity contribution is 5.94. The zero-order valence-corrected chi connectivity index (χ0v) is 13.7. The van der Waals surface area contributed by atoms with Gasteiger partial charge in [-0.1, -0.05) is 6.92 Å². The van der Waals surface area contributed by atoms with Crippen molar-refractivity contribution in [1.82, 2.24) is 30.6 Å². The predicted molar refractivity (Wildman–Crippen MR) is 84.3 cm³/mol. The molecule has 1 amide bonds. The maximum Gasteiger partial charge on any atom is 0.272 e. The molecule has 2 aromatic rings. The van der Waals surface area contributed by atoms with Gasteiger partial charge >= 0.3 is 0 Å². The number of aromatic nitrogens is 4. The first kappa shape index (κ1) is 15.5. The second-order valence-corrected chi connectivity index (χ2v) is 5.55. The van der Waals surface area contributed by atoms with E-state index in [0.717, 1.165) is 41.9 Å². The van der Waals surface area contributed by atoms with Crippen molar-refractivity contribution in [1.29, 1.82) is 0 Å². The SMILES string of the molecule is CCc1nn(C)c(OC)c1CNC(=O)c1n[nH]c2c1CNCC2. The Morgan fingerprint density at radius 1 is 1.48 bits per heavy atom. The van der Waals surface area contributed by atoms with Crippen LogP contribution in [0.25, 0.3) is 0 Å². The smallest absolute Gasteiger partial charge is 0.272 e. The van der Waals surface area contributed by atoms with E-state index in [-0.39, 0.29) is 5.91 Å². The molecule has 0 saturated heterocycles. The van der Waals surface area contributed by atoms with Gasteiger partial charge in [0, 0.05) is 37.8 Å². The van der Waals surface area contributed by atoms with Crippen molar-refractivity contribution >= 4 is 5.91 Å². The van der Waals surface area contributed by atoms with Crippen LogP contribution in [0.2, 0.25) is 0 Å². The normalized spacial score (nSPS) is 13.7. The fraction of sp³-hybridized carbons (Fsp3) is 0.533. The molecule has 0 radical (unpaired) electrons. The number of hydrogen-bond donors (Lipinski definition) is 3. The van der Waals surface area contributed by atoms with E-state index in [1.807, 2.05) is 14.0 Å². The average molecular weight is 318 g/mol. The molecule has 0 aliphatic carbocycles. The fourth-order valence-electron chi connectivity index (χ4n) is 2.99. The molecule has 1 aliphatic heterocycles. The van der Waals surface area contributed by atoms with Gasteiger partial charge < -0.3 is 15.4 Å². The second kappa shape index (κ2) is 6.41. The van der Waals surface area contributed by atoms with Crippen LogP contribution in [0.5, 0.6) is 5.88 Å². The average Bonchev–Trinajstić information content (AvgIpc) is 3.13. The minimum atomic E-state index is -0.181. The van der Waals surface area contributed by atoms with Crippen molar-refractivity contribution in [2.75, 3.05) is 13.7 Å². The van der Waals surface area contributed by atoms with Crippen molar-refractivity contribution in [3.05, 3.63) is 28.2 Å². The van der Waals surface area contributed by atoms with Gasteiger partial charge in [-0.3, -0.25) is 9.89 Å². The van der Waals surface area contributed by atoms with Gasteiger partial charge in [0.15, 0.2) is 5.69 Å². The molecule has 0 spiro atoms. The van der Waals surface area contributed by atoms with Crippen LogP contribution in [0.4, 0.5) is 0 Å². The van der Waals surface area contributed by atoms with Crippen LogP contribution >= 0.6 is 0 Å². The van der Waals surface area contributed by atoms with Crippen molar-refractivity contribution in [3.8, 4) is 5.88 Å². The lowest BCUT2D eigenvalue weighted by Gasteiger charge is -2.13. The first-order valence-corrected chi connectivity index (χ1v) is 7.79. The fourth-order valence-corrected chi connectivity index (χ4v) is 2.99. The summed E-state index contributed by atoms with van der Waals surface area (Å²) in [6.45, 7) is 3.98. The van der Waals surface area contributed by atoms with Gasteiger partial charge in [-0.2, -0.15) is 10.2 Å². The van der Waals surface area contributed by atoms with Crippen LogP contribution in [0.3, 0.4) is 0 Å². The summed E-state index contributed by atoms with van der Waals surface area (Å²) in [5.74, 6) is 0.493. The minimum absolute atomic E-state index is 0.181. The zero-order chi connectivity index (χ0) is 16.4. The van der Waals surface area contributed by atoms with Gasteiger partial charge in [0.25, 0.3) is 5.91 Å². The van der Waals surface area contributed by atoms with Crippen LogP contribution in [0.15, 0.2) is 0 Å². The lowest BCUT2D eigenvalue weighted by molar-refractivity contribution is 0.0944. The molecular weight excluding hydrogens is 296 g/mol. The molecular formula is C15H22N6O2. The summed E-state index contributed by atoms with van der Waals surface area (Å²) in [5.41, 5.74) is 4.31. The third-order valence-corrected chi connectivity index (χ3v) is 4.15. The van der Waals surface area contributed by atoms with Crippen LogP contribution in [-0.2, 0) is 33.0 Å². The van der Waals surface area contributed by atoms with Crippen molar-refractivity contribution in [3.63, 3.8) is 0 Å². The number of rotatable bonds is 5. The number of carbonyl (C=O) groups excluding carboxylic acids is 1. The zero-order valence-electron chi connectivity index (χ0n) is 13.7. The summed E-state index contributed by atoms with van der Waals surface area (Å²) in [7, 11) is 3.44. The number of methoxy groups -OCH3 is 1. The molecule has 3 rings (SSSR count). The number of aromatic amines is 1. The topological polar surface area (TPSA) is 96.9 Å². The highest BCUT2D eigenvalue weighted by Crippen LogP contribution is 2.22. The Bertz CT molecular complexity index is 718. The molecule has 0 bridgehead atoms. The summed E-state index contributed by atoms with van der Waals surface area (Å²) in [6, 6.07) is 0. The summed E-state index contributed by atoms with van der Waals surface area (Å²) in [5, 5.41) is 17.7. The third-order valence-electron chi connectivity index (χ3n) is 4.15. The quantitative estimate of drug-likeness (QED) is 0.736. The molecule has 0 unspecified atom stereocenters. The number of hydrogen-bond acceptors (Lipinski definition) is 5. The molecule has 23 heavy (non-hydrogen) atoms. The summed E-state index contributed by atoms with van der Waals surface area (Å²) < 4.78 is 7.08. The number of nitrogens with one attached hydrogen (secondary N) is 3. The van der Waals surface area contributed by atoms with E-state index in [1.54, 1.807) is 11.8 Å². The van der Waals surface area contributed by atoms with E-state index < -0.39 is 0 Å². The predicted octanol–water partition coefficient (Wildman–Crippen LogP) is 0.290. The van der Waals surface area contributed by atoms with E-state index >= 15 is 0 Å². The summed E-state index contributed by atoms with van der Waals surface area (Å²) in [4.78, 5) is 12.5. The van der Waals surface area contributed by atoms with Crippen LogP contribution in [-0.4, -0.2) is 39.5 Å². The van der Waals surface area contributed by atoms with Gasteiger partial charge in [-0.05, 0) is 6.42 Å². The number of H-pyrrole nitrogens is 1. The molecule has 8 nitrogen and oxygen atoms in total.